The van der Waals surface area contributed by atoms with E-state index in [1.165, 1.54) is 110 Å². The lowest BCUT2D eigenvalue weighted by Gasteiger charge is -2.46. The van der Waals surface area contributed by atoms with Gasteiger partial charge in [-0.2, -0.15) is 0 Å². The highest BCUT2D eigenvalue weighted by molar-refractivity contribution is 7.00. The van der Waals surface area contributed by atoms with Gasteiger partial charge in [0.15, 0.2) is 0 Å². The molecule has 2 aliphatic rings. The van der Waals surface area contributed by atoms with Crippen molar-refractivity contribution in [2.75, 3.05) is 9.80 Å². The van der Waals surface area contributed by atoms with Gasteiger partial charge in [0.05, 0.1) is 33.4 Å². The molecular formula is C106H107BN4. The number of hydrogen-bond donors (Lipinski definition) is 0. The monoisotopic (exact) mass is 1450 g/mol. The minimum atomic E-state index is -0.317. The van der Waals surface area contributed by atoms with Gasteiger partial charge in [-0.05, 0) is 224 Å². The van der Waals surface area contributed by atoms with Gasteiger partial charge in [0.2, 0.25) is 0 Å². The zero-order chi connectivity index (χ0) is 78.1. The molecule has 0 fully saturated rings. The van der Waals surface area contributed by atoms with Gasteiger partial charge in [0, 0.05) is 66.8 Å². The van der Waals surface area contributed by atoms with E-state index in [0.717, 1.165) is 78.9 Å². The first-order chi connectivity index (χ1) is 52.4. The lowest BCUT2D eigenvalue weighted by atomic mass is 9.33. The Bertz CT molecular complexity index is 5700. The number of aromatic nitrogens is 2. The number of anilines is 6. The van der Waals surface area contributed by atoms with Crippen molar-refractivity contribution in [3.63, 3.8) is 0 Å². The molecule has 15 aromatic rings. The van der Waals surface area contributed by atoms with Crippen molar-refractivity contribution in [1.82, 2.24) is 9.13 Å². The van der Waals surface area contributed by atoms with Gasteiger partial charge in [0.1, 0.15) is 0 Å². The van der Waals surface area contributed by atoms with Crippen LogP contribution in [0.3, 0.4) is 0 Å². The normalized spacial score (nSPS) is 13.6. The van der Waals surface area contributed by atoms with E-state index in [1.807, 2.05) is 0 Å². The van der Waals surface area contributed by atoms with Crippen LogP contribution in [-0.2, 0) is 37.9 Å². The quantitative estimate of drug-likeness (QED) is 0.141. The molecule has 0 atom stereocenters. The maximum Gasteiger partial charge on any atom is 0.252 e. The largest absolute Gasteiger partial charge is 0.311 e. The van der Waals surface area contributed by atoms with Crippen molar-refractivity contribution >= 4 is 101 Å². The Labute approximate surface area is 660 Å². The summed E-state index contributed by atoms with van der Waals surface area (Å²) in [6, 6.07) is 105. The molecule has 0 saturated heterocycles. The van der Waals surface area contributed by atoms with Crippen LogP contribution in [0, 0.1) is 0 Å². The molecule has 0 bridgehead atoms. The summed E-state index contributed by atoms with van der Waals surface area (Å²) in [5, 5.41) is 5.07. The van der Waals surface area contributed by atoms with Crippen LogP contribution >= 0.6 is 0 Å². The standard InChI is InChI=1S/C106H107BN4/c1-100(2,3)72-38-32-66(33-39-72)70-36-48-81(68-28-24-22-25-29-68)93(56-70)110-95-64-79(108-89-52-42-74(102(7,8)9)58-83(89)84-59-75(103(10,11)12)43-53-90(84)108)46-50-87(95)107-88-51-47-80(109-91-54-44-76(104(13,14)15)60-85(91)86-61-77(105(16,17)18)45-55-92(86)109)65-96(88)111(98-63-78(106(19,20)21)62-97(110)99(98)107)94-57-71(37-49-82(94)69-30-26-23-27-31-69)67-34-40-73(41-35-67)101(4,5)6/h22-65H,1-21H3. The number of fused-ring (bicyclic) bond motifs is 10. The summed E-state index contributed by atoms with van der Waals surface area (Å²) in [6.45, 7) is 48.9. The topological polar surface area (TPSA) is 16.3 Å². The Kier molecular flexibility index (Phi) is 17.0. The smallest absolute Gasteiger partial charge is 0.252 e. The number of hydrogen-bond acceptors (Lipinski definition) is 2. The van der Waals surface area contributed by atoms with E-state index >= 15 is 0 Å². The van der Waals surface area contributed by atoms with Crippen molar-refractivity contribution in [1.29, 1.82) is 0 Å². The van der Waals surface area contributed by atoms with Crippen LogP contribution in [0.1, 0.15) is 184 Å². The van der Waals surface area contributed by atoms with E-state index in [-0.39, 0.29) is 44.6 Å². The SMILES string of the molecule is CC(C)(C)c1ccc(-c2ccc(-c3ccccc3)c(N3c4cc(-n5c6ccc(C(C)(C)C)cc6c6cc(C(C)(C)C)ccc65)ccc4B4c5ccc(-n6c7ccc(C(C)(C)C)cc7c7cc(C(C)(C)C)ccc76)cc5N(c5cc(-c6ccc(C(C)(C)C)cc6)ccc5-c5ccccc5)c5cc(C(C)(C)C)cc3c54)c2)cc1. The van der Waals surface area contributed by atoms with Crippen molar-refractivity contribution in [2.24, 2.45) is 0 Å². The summed E-state index contributed by atoms with van der Waals surface area (Å²) in [5.41, 5.74) is 35.5. The molecule has 0 aliphatic carbocycles. The predicted molar refractivity (Wildman–Crippen MR) is 482 cm³/mol. The highest BCUT2D eigenvalue weighted by atomic mass is 15.2. The van der Waals surface area contributed by atoms with E-state index in [9.17, 15) is 0 Å². The van der Waals surface area contributed by atoms with Crippen molar-refractivity contribution in [3.05, 3.63) is 306 Å². The Morgan fingerprint density at radius 2 is 0.495 bits per heavy atom. The second-order valence-corrected chi connectivity index (χ2v) is 39.2. The first kappa shape index (κ1) is 73.0. The van der Waals surface area contributed by atoms with Gasteiger partial charge < -0.3 is 18.9 Å². The summed E-state index contributed by atoms with van der Waals surface area (Å²) in [4.78, 5) is 5.42. The fraction of sp³-hybridized carbons (Fsp3) is 0.264. The maximum absolute atomic E-state index is 2.71. The molecular weight excluding hydrogens is 1340 g/mol. The van der Waals surface area contributed by atoms with Crippen LogP contribution in [0.2, 0.25) is 0 Å². The Hall–Kier alpha value is -10.9. The molecule has 111 heavy (non-hydrogen) atoms. The molecule has 17 rings (SSSR count). The first-order valence-corrected chi connectivity index (χ1v) is 40.3. The van der Waals surface area contributed by atoms with Crippen LogP contribution in [0.25, 0.3) is 99.5 Å². The van der Waals surface area contributed by atoms with Gasteiger partial charge in [-0.15, -0.1) is 0 Å². The van der Waals surface area contributed by atoms with E-state index in [2.05, 4.69) is 431 Å². The maximum atomic E-state index is 2.71. The van der Waals surface area contributed by atoms with E-state index < -0.39 is 0 Å². The second-order valence-electron chi connectivity index (χ2n) is 39.2. The zero-order valence-electron chi connectivity index (χ0n) is 69.3. The first-order valence-electron chi connectivity index (χ1n) is 40.3. The fourth-order valence-corrected chi connectivity index (χ4v) is 17.5. The lowest BCUT2D eigenvalue weighted by Crippen LogP contribution is -2.61. The molecule has 0 radical (unpaired) electrons. The zero-order valence-corrected chi connectivity index (χ0v) is 69.3. The number of rotatable bonds is 8. The molecule has 0 saturated carbocycles. The average molecular weight is 1450 g/mol. The van der Waals surface area contributed by atoms with Gasteiger partial charge in [0.25, 0.3) is 6.71 Å². The Balaban J connectivity index is 1.02. The second kappa shape index (κ2) is 25.9. The molecule has 4 heterocycles. The van der Waals surface area contributed by atoms with Crippen molar-refractivity contribution in [3.8, 4) is 55.9 Å². The summed E-state index contributed by atoms with van der Waals surface area (Å²) >= 11 is 0. The third-order valence-corrected chi connectivity index (χ3v) is 24.2. The third-order valence-electron chi connectivity index (χ3n) is 24.2. The third kappa shape index (κ3) is 12.7. The molecule has 2 aliphatic heterocycles. The summed E-state index contributed by atoms with van der Waals surface area (Å²) in [6.07, 6.45) is 0. The average Bonchev–Trinajstić information content (AvgIpc) is 1.37. The molecule has 0 unspecified atom stereocenters. The number of benzene rings is 13. The lowest BCUT2D eigenvalue weighted by molar-refractivity contribution is 0.590. The highest BCUT2D eigenvalue weighted by Crippen LogP contribution is 2.53. The molecule has 5 heteroatoms. The molecule has 0 spiro atoms. The summed E-state index contributed by atoms with van der Waals surface area (Å²) < 4.78 is 5.14. The van der Waals surface area contributed by atoms with Crippen molar-refractivity contribution < 1.29 is 0 Å². The predicted octanol–water partition coefficient (Wildman–Crippen LogP) is 27.7. The van der Waals surface area contributed by atoms with Crippen LogP contribution in [-0.4, -0.2) is 15.8 Å². The number of nitrogens with zero attached hydrogens (tertiary/aromatic N) is 4. The molecule has 4 nitrogen and oxygen atoms in total. The van der Waals surface area contributed by atoms with Gasteiger partial charge in [-0.1, -0.05) is 315 Å². The van der Waals surface area contributed by atoms with Gasteiger partial charge in [-0.3, -0.25) is 0 Å². The molecule has 2 aromatic heterocycles. The van der Waals surface area contributed by atoms with Crippen molar-refractivity contribution in [2.45, 2.75) is 183 Å². The highest BCUT2D eigenvalue weighted by Gasteiger charge is 2.46. The van der Waals surface area contributed by atoms with E-state index in [4.69, 9.17) is 0 Å². The fourth-order valence-electron chi connectivity index (χ4n) is 17.5. The Morgan fingerprint density at radius 1 is 0.207 bits per heavy atom. The van der Waals surface area contributed by atoms with Crippen LogP contribution < -0.4 is 26.2 Å². The van der Waals surface area contributed by atoms with E-state index in [0.29, 0.717) is 0 Å². The van der Waals surface area contributed by atoms with Crippen LogP contribution in [0.5, 0.6) is 0 Å². The molecule has 0 amide bonds. The van der Waals surface area contributed by atoms with Crippen LogP contribution in [0.15, 0.2) is 267 Å². The molecule has 0 N–H and O–H groups in total. The minimum absolute atomic E-state index is 0.00314. The van der Waals surface area contributed by atoms with E-state index in [1.54, 1.807) is 0 Å². The minimum Gasteiger partial charge on any atom is -0.311 e. The summed E-state index contributed by atoms with van der Waals surface area (Å²) in [7, 11) is 0. The Morgan fingerprint density at radius 3 is 0.793 bits per heavy atom. The molecule has 554 valence electrons. The molecule has 13 aromatic carbocycles. The van der Waals surface area contributed by atoms with Crippen LogP contribution in [0.4, 0.5) is 34.1 Å². The summed E-state index contributed by atoms with van der Waals surface area (Å²) in [5.74, 6) is 0. The van der Waals surface area contributed by atoms with Gasteiger partial charge >= 0.3 is 0 Å². The van der Waals surface area contributed by atoms with Gasteiger partial charge in [-0.25, -0.2) is 0 Å².